The molecule has 0 unspecified atom stereocenters. The molecule has 0 spiro atoms. The molecule has 0 bridgehead atoms. The molecule has 1 atom stereocenters. The Bertz CT molecular complexity index is 766. The number of carbonyl (C=O) groups is 3. The second-order valence-electron chi connectivity index (χ2n) is 6.40. The molecule has 0 saturated carbocycles. The summed E-state index contributed by atoms with van der Waals surface area (Å²) >= 11 is 0. The van der Waals surface area contributed by atoms with E-state index in [1.54, 1.807) is 12.1 Å². The van der Waals surface area contributed by atoms with Gasteiger partial charge in [-0.15, -0.1) is 0 Å². The second kappa shape index (κ2) is 10.4. The Morgan fingerprint density at radius 3 is 2.31 bits per heavy atom. The standard InChI is InChI=1S/C20H26N2O7/c1-26-15-10-13(11-16(27-2)19(15)28-3)7-8-18(24)29-12-17(23)22-9-5-4-6-14(22)20(21)25/h7-8,10-11,14H,4-6,9,12H2,1-3H3,(H2,21,25)/b8-7+/t14-/m1/s1. The van der Waals surface area contributed by atoms with Crippen LogP contribution in [0.3, 0.4) is 0 Å². The van der Waals surface area contributed by atoms with E-state index in [1.165, 1.54) is 38.4 Å². The number of carbonyl (C=O) groups excluding carboxylic acids is 3. The van der Waals surface area contributed by atoms with Crippen LogP contribution in [0.25, 0.3) is 6.08 Å². The van der Waals surface area contributed by atoms with Crippen molar-refractivity contribution in [2.75, 3.05) is 34.5 Å². The fourth-order valence-corrected chi connectivity index (χ4v) is 3.15. The van der Waals surface area contributed by atoms with E-state index in [9.17, 15) is 14.4 Å². The van der Waals surface area contributed by atoms with Crippen LogP contribution < -0.4 is 19.9 Å². The zero-order chi connectivity index (χ0) is 21.4. The van der Waals surface area contributed by atoms with Gasteiger partial charge in [0.1, 0.15) is 6.04 Å². The number of esters is 1. The molecule has 2 amide bonds. The van der Waals surface area contributed by atoms with E-state index in [1.807, 2.05) is 0 Å². The number of likely N-dealkylation sites (tertiary alicyclic amines) is 1. The van der Waals surface area contributed by atoms with E-state index in [2.05, 4.69) is 0 Å². The lowest BCUT2D eigenvalue weighted by Crippen LogP contribution is -2.51. The SMILES string of the molecule is COc1cc(/C=C/C(=O)OCC(=O)N2CCCC[C@@H]2C(N)=O)cc(OC)c1OC. The highest BCUT2D eigenvalue weighted by molar-refractivity contribution is 5.91. The predicted octanol–water partition coefficient (Wildman–Crippen LogP) is 1.14. The Morgan fingerprint density at radius 2 is 1.76 bits per heavy atom. The summed E-state index contributed by atoms with van der Waals surface area (Å²) in [6, 6.07) is 2.69. The molecule has 1 aliphatic rings. The van der Waals surface area contributed by atoms with Gasteiger partial charge in [0.25, 0.3) is 5.91 Å². The van der Waals surface area contributed by atoms with Gasteiger partial charge in [-0.05, 0) is 43.0 Å². The lowest BCUT2D eigenvalue weighted by Gasteiger charge is -2.33. The average molecular weight is 406 g/mol. The summed E-state index contributed by atoms with van der Waals surface area (Å²) < 4.78 is 20.8. The van der Waals surface area contributed by atoms with Crippen LogP contribution in [-0.4, -0.2) is 63.2 Å². The van der Waals surface area contributed by atoms with Crippen molar-refractivity contribution in [1.29, 1.82) is 0 Å². The summed E-state index contributed by atoms with van der Waals surface area (Å²) in [6.45, 7) is -0.0343. The van der Waals surface area contributed by atoms with Gasteiger partial charge >= 0.3 is 5.97 Å². The highest BCUT2D eigenvalue weighted by Crippen LogP contribution is 2.38. The number of hydrogen-bond donors (Lipinski definition) is 1. The molecular weight excluding hydrogens is 380 g/mol. The number of methoxy groups -OCH3 is 3. The summed E-state index contributed by atoms with van der Waals surface area (Å²) in [6.07, 6.45) is 4.83. The van der Waals surface area contributed by atoms with Crippen LogP contribution in [0.5, 0.6) is 17.2 Å². The Labute approximate surface area is 169 Å². The highest BCUT2D eigenvalue weighted by Gasteiger charge is 2.30. The molecule has 1 fully saturated rings. The molecule has 1 aliphatic heterocycles. The molecule has 1 saturated heterocycles. The number of primary amides is 1. The third-order valence-electron chi connectivity index (χ3n) is 4.59. The normalized spacial score (nSPS) is 16.4. The topological polar surface area (TPSA) is 117 Å². The summed E-state index contributed by atoms with van der Waals surface area (Å²) in [5, 5.41) is 0. The molecule has 9 nitrogen and oxygen atoms in total. The fraction of sp³-hybridized carbons (Fsp3) is 0.450. The maximum atomic E-state index is 12.3. The van der Waals surface area contributed by atoms with Crippen LogP contribution in [0.15, 0.2) is 18.2 Å². The fourth-order valence-electron chi connectivity index (χ4n) is 3.15. The molecule has 0 aromatic heterocycles. The third kappa shape index (κ3) is 5.63. The first-order valence-electron chi connectivity index (χ1n) is 9.14. The van der Waals surface area contributed by atoms with Crippen LogP contribution in [0.1, 0.15) is 24.8 Å². The van der Waals surface area contributed by atoms with Gasteiger partial charge in [-0.3, -0.25) is 9.59 Å². The van der Waals surface area contributed by atoms with Crippen molar-refractivity contribution in [2.45, 2.75) is 25.3 Å². The van der Waals surface area contributed by atoms with Gasteiger partial charge < -0.3 is 29.6 Å². The molecule has 0 aliphatic carbocycles. The predicted molar refractivity (Wildman–Crippen MR) is 105 cm³/mol. The van der Waals surface area contributed by atoms with Crippen LogP contribution in [0, 0.1) is 0 Å². The van der Waals surface area contributed by atoms with Crippen LogP contribution in [-0.2, 0) is 19.1 Å². The molecule has 1 aromatic carbocycles. The first-order valence-corrected chi connectivity index (χ1v) is 9.14. The van der Waals surface area contributed by atoms with Gasteiger partial charge in [0, 0.05) is 12.6 Å². The van der Waals surface area contributed by atoms with Crippen molar-refractivity contribution < 1.29 is 33.3 Å². The smallest absolute Gasteiger partial charge is 0.331 e. The minimum absolute atomic E-state index is 0.422. The number of nitrogens with two attached hydrogens (primary N) is 1. The van der Waals surface area contributed by atoms with Crippen molar-refractivity contribution in [3.63, 3.8) is 0 Å². The van der Waals surface area contributed by atoms with Gasteiger partial charge in [-0.25, -0.2) is 4.79 Å². The lowest BCUT2D eigenvalue weighted by atomic mass is 10.0. The minimum Gasteiger partial charge on any atom is -0.493 e. The first-order chi connectivity index (χ1) is 13.9. The summed E-state index contributed by atoms with van der Waals surface area (Å²) in [5.74, 6) is -0.365. The maximum absolute atomic E-state index is 12.3. The molecule has 1 heterocycles. The first kappa shape index (κ1) is 22.1. The van der Waals surface area contributed by atoms with Gasteiger partial charge in [0.15, 0.2) is 18.1 Å². The van der Waals surface area contributed by atoms with Crippen molar-refractivity contribution in [1.82, 2.24) is 4.90 Å². The molecule has 1 aromatic rings. The van der Waals surface area contributed by atoms with Crippen molar-refractivity contribution >= 4 is 23.9 Å². The maximum Gasteiger partial charge on any atom is 0.331 e. The van der Waals surface area contributed by atoms with Crippen LogP contribution in [0.2, 0.25) is 0 Å². The Hall–Kier alpha value is -3.23. The van der Waals surface area contributed by atoms with E-state index in [-0.39, 0.29) is 0 Å². The number of rotatable bonds is 8. The van der Waals surface area contributed by atoms with Crippen molar-refractivity contribution in [2.24, 2.45) is 5.73 Å². The Kier molecular flexibility index (Phi) is 7.88. The quantitative estimate of drug-likeness (QED) is 0.508. The molecular formula is C20H26N2O7. The van der Waals surface area contributed by atoms with E-state index >= 15 is 0 Å². The van der Waals surface area contributed by atoms with E-state index in [0.29, 0.717) is 35.8 Å². The summed E-state index contributed by atoms with van der Waals surface area (Å²) in [7, 11) is 4.48. The zero-order valence-corrected chi connectivity index (χ0v) is 16.8. The Balaban J connectivity index is 1.99. The second-order valence-corrected chi connectivity index (χ2v) is 6.40. The van der Waals surface area contributed by atoms with Crippen LogP contribution in [0.4, 0.5) is 0 Å². The average Bonchev–Trinajstić information content (AvgIpc) is 2.74. The number of amides is 2. The molecule has 158 valence electrons. The number of piperidine rings is 1. The molecule has 9 heteroatoms. The van der Waals surface area contributed by atoms with Crippen LogP contribution >= 0.6 is 0 Å². The monoisotopic (exact) mass is 406 g/mol. The summed E-state index contributed by atoms with van der Waals surface area (Å²) in [5.41, 5.74) is 5.97. The molecule has 2 rings (SSSR count). The van der Waals surface area contributed by atoms with Crippen molar-refractivity contribution in [3.05, 3.63) is 23.8 Å². The number of hydrogen-bond acceptors (Lipinski definition) is 7. The van der Waals surface area contributed by atoms with E-state index < -0.39 is 30.4 Å². The highest BCUT2D eigenvalue weighted by atomic mass is 16.5. The zero-order valence-electron chi connectivity index (χ0n) is 16.8. The van der Waals surface area contributed by atoms with Gasteiger partial charge in [-0.2, -0.15) is 0 Å². The molecule has 29 heavy (non-hydrogen) atoms. The largest absolute Gasteiger partial charge is 0.493 e. The summed E-state index contributed by atoms with van der Waals surface area (Å²) in [4.78, 5) is 37.2. The number of benzene rings is 1. The molecule has 2 N–H and O–H groups in total. The molecule has 0 radical (unpaired) electrons. The van der Waals surface area contributed by atoms with Gasteiger partial charge in [0.2, 0.25) is 11.7 Å². The number of ether oxygens (including phenoxy) is 4. The van der Waals surface area contributed by atoms with E-state index in [0.717, 1.165) is 12.8 Å². The van der Waals surface area contributed by atoms with Crippen molar-refractivity contribution in [3.8, 4) is 17.2 Å². The lowest BCUT2D eigenvalue weighted by molar-refractivity contribution is -0.151. The van der Waals surface area contributed by atoms with Gasteiger partial charge in [-0.1, -0.05) is 0 Å². The number of nitrogens with zero attached hydrogens (tertiary/aromatic N) is 1. The third-order valence-corrected chi connectivity index (χ3v) is 4.59. The van der Waals surface area contributed by atoms with E-state index in [4.69, 9.17) is 24.7 Å². The minimum atomic E-state index is -0.695. The van der Waals surface area contributed by atoms with Gasteiger partial charge in [0.05, 0.1) is 21.3 Å². The Morgan fingerprint density at radius 1 is 1.10 bits per heavy atom.